The molecule has 0 bridgehead atoms. The van der Waals surface area contributed by atoms with Crippen LogP contribution < -0.4 is 20.7 Å². The van der Waals surface area contributed by atoms with Gasteiger partial charge in [0.1, 0.15) is 17.8 Å². The van der Waals surface area contributed by atoms with E-state index in [9.17, 15) is 14.4 Å². The number of amides is 3. The molecule has 2 aromatic rings. The van der Waals surface area contributed by atoms with Crippen molar-refractivity contribution in [2.75, 3.05) is 14.2 Å². The average Bonchev–Trinajstić information content (AvgIpc) is 3.17. The number of ether oxygens (including phenoxy) is 1. The molecule has 3 aliphatic rings. The van der Waals surface area contributed by atoms with Gasteiger partial charge < -0.3 is 25.6 Å². The number of carbonyl (C=O) groups is 3. The molecule has 1 fully saturated rings. The largest absolute Gasteiger partial charge is 0.497 e. The predicted octanol–water partition coefficient (Wildman–Crippen LogP) is 3.21. The molecular formula is C31H40N4O4. The maximum absolute atomic E-state index is 14.3. The van der Waals surface area contributed by atoms with E-state index in [0.717, 1.165) is 36.0 Å². The van der Waals surface area contributed by atoms with Crippen molar-refractivity contribution in [3.05, 3.63) is 64.7 Å². The van der Waals surface area contributed by atoms with E-state index in [1.165, 1.54) is 5.56 Å². The minimum atomic E-state index is -0.773. The summed E-state index contributed by atoms with van der Waals surface area (Å²) in [6, 6.07) is 11.8. The number of likely N-dealkylation sites (N-methyl/N-ethyl adjacent to an activating group) is 1. The van der Waals surface area contributed by atoms with Crippen LogP contribution in [0.3, 0.4) is 0 Å². The first-order valence-electron chi connectivity index (χ1n) is 14.0. The lowest BCUT2D eigenvalue weighted by Crippen LogP contribution is -2.57. The van der Waals surface area contributed by atoms with E-state index in [4.69, 9.17) is 4.74 Å². The van der Waals surface area contributed by atoms with Gasteiger partial charge in [0.25, 0.3) is 0 Å². The average molecular weight is 533 g/mol. The van der Waals surface area contributed by atoms with Crippen molar-refractivity contribution >= 4 is 17.7 Å². The summed E-state index contributed by atoms with van der Waals surface area (Å²) in [5.74, 6) is 0.0961. The van der Waals surface area contributed by atoms with Crippen molar-refractivity contribution in [2.24, 2.45) is 5.41 Å². The minimum Gasteiger partial charge on any atom is -0.497 e. The van der Waals surface area contributed by atoms with E-state index < -0.39 is 23.5 Å². The molecule has 0 aromatic heterocycles. The molecule has 0 saturated carbocycles. The summed E-state index contributed by atoms with van der Waals surface area (Å²) in [7, 11) is 3.34. The molecule has 3 N–H and O–H groups in total. The second-order valence-electron chi connectivity index (χ2n) is 11.8. The molecule has 2 unspecified atom stereocenters. The number of carbonyl (C=O) groups excluding carboxylic acids is 3. The Balaban J connectivity index is 1.52. The summed E-state index contributed by atoms with van der Waals surface area (Å²) < 4.78 is 5.53. The number of nitrogens with zero attached hydrogens (tertiary/aromatic N) is 1. The monoisotopic (exact) mass is 532 g/mol. The topological polar surface area (TPSA) is 99.8 Å². The lowest BCUT2D eigenvalue weighted by Gasteiger charge is -2.36. The lowest BCUT2D eigenvalue weighted by molar-refractivity contribution is -0.145. The van der Waals surface area contributed by atoms with Gasteiger partial charge in [0, 0.05) is 6.42 Å². The first kappa shape index (κ1) is 27.2. The zero-order valence-corrected chi connectivity index (χ0v) is 23.5. The number of methoxy groups -OCH3 is 1. The number of nitrogens with one attached hydrogen (secondary N) is 3. The van der Waals surface area contributed by atoms with Crippen LogP contribution in [0.2, 0.25) is 0 Å². The van der Waals surface area contributed by atoms with Crippen LogP contribution in [0.1, 0.15) is 74.4 Å². The molecule has 8 heteroatoms. The second kappa shape index (κ2) is 10.6. The molecule has 1 saturated heterocycles. The van der Waals surface area contributed by atoms with Crippen molar-refractivity contribution in [1.29, 1.82) is 0 Å². The molecule has 3 amide bonds. The zero-order chi connectivity index (χ0) is 27.9. The van der Waals surface area contributed by atoms with Gasteiger partial charge in [-0.25, -0.2) is 0 Å². The maximum atomic E-state index is 14.3. The molecule has 2 aromatic carbocycles. The molecule has 2 aliphatic heterocycles. The maximum Gasteiger partial charge on any atom is 0.246 e. The summed E-state index contributed by atoms with van der Waals surface area (Å²) in [5.41, 5.74) is 3.91. The number of rotatable bonds is 6. The standard InChI is InChI=1S/C31H40N4O4/c1-18(32-4)28(36)34-25-15-20-13-14-21(39-5)16-23(20)26-17-31(2,3)27(35(26)30(25)38)29(37)33-24-12-8-10-19-9-6-7-11-22(19)24/h6-7,9,11,13-14,16,18,24-27,32H,8,10,12,15,17H2,1-5H3,(H,33,37)(H,34,36)/t18-,24+,25-,26?,27?/m0/s1. The van der Waals surface area contributed by atoms with Crippen LogP contribution in [0, 0.1) is 5.41 Å². The first-order chi connectivity index (χ1) is 18.6. The summed E-state index contributed by atoms with van der Waals surface area (Å²) in [5, 5.41) is 9.23. The summed E-state index contributed by atoms with van der Waals surface area (Å²) >= 11 is 0. The van der Waals surface area contributed by atoms with E-state index in [-0.39, 0.29) is 29.8 Å². The highest BCUT2D eigenvalue weighted by molar-refractivity contribution is 5.95. The quantitative estimate of drug-likeness (QED) is 0.531. The van der Waals surface area contributed by atoms with Gasteiger partial charge in [0.15, 0.2) is 0 Å². The summed E-state index contributed by atoms with van der Waals surface area (Å²) in [6.07, 6.45) is 3.87. The Morgan fingerprint density at radius 3 is 2.56 bits per heavy atom. The zero-order valence-electron chi connectivity index (χ0n) is 23.5. The molecule has 0 radical (unpaired) electrons. The van der Waals surface area contributed by atoms with Crippen LogP contribution in [-0.4, -0.2) is 54.9 Å². The third-order valence-corrected chi connectivity index (χ3v) is 8.84. The Labute approximate surface area is 230 Å². The van der Waals surface area contributed by atoms with Gasteiger partial charge in [-0.3, -0.25) is 14.4 Å². The molecule has 208 valence electrons. The third kappa shape index (κ3) is 5.02. The van der Waals surface area contributed by atoms with Gasteiger partial charge in [-0.15, -0.1) is 0 Å². The lowest BCUT2D eigenvalue weighted by atomic mass is 9.81. The molecule has 8 nitrogen and oxygen atoms in total. The van der Waals surface area contributed by atoms with E-state index in [2.05, 4.69) is 41.9 Å². The van der Waals surface area contributed by atoms with Crippen molar-refractivity contribution < 1.29 is 19.1 Å². The Bertz CT molecular complexity index is 1270. The van der Waals surface area contributed by atoms with E-state index in [1.807, 2.05) is 30.3 Å². The number of hydrogen-bond donors (Lipinski definition) is 3. The Hall–Kier alpha value is -3.39. The van der Waals surface area contributed by atoms with E-state index in [0.29, 0.717) is 18.6 Å². The highest BCUT2D eigenvalue weighted by atomic mass is 16.5. The fraction of sp³-hybridized carbons (Fsp3) is 0.516. The fourth-order valence-corrected chi connectivity index (χ4v) is 6.66. The van der Waals surface area contributed by atoms with Gasteiger partial charge in [-0.1, -0.05) is 44.2 Å². The van der Waals surface area contributed by atoms with Gasteiger partial charge in [0.05, 0.1) is 25.2 Å². The number of hydrogen-bond acceptors (Lipinski definition) is 5. The Morgan fingerprint density at radius 1 is 1.05 bits per heavy atom. The van der Waals surface area contributed by atoms with Crippen LogP contribution in [-0.2, 0) is 27.2 Å². The summed E-state index contributed by atoms with van der Waals surface area (Å²) in [4.78, 5) is 43.0. The van der Waals surface area contributed by atoms with Gasteiger partial charge >= 0.3 is 0 Å². The third-order valence-electron chi connectivity index (χ3n) is 8.84. The molecule has 1 aliphatic carbocycles. The highest BCUT2D eigenvalue weighted by Gasteiger charge is 2.55. The summed E-state index contributed by atoms with van der Waals surface area (Å²) in [6.45, 7) is 5.88. The van der Waals surface area contributed by atoms with Crippen molar-refractivity contribution in [3.8, 4) is 5.75 Å². The molecule has 5 rings (SSSR count). The van der Waals surface area contributed by atoms with Crippen LogP contribution >= 0.6 is 0 Å². The SMILES string of the molecule is CN[C@@H](C)C(=O)N[C@H]1Cc2ccc(OC)cc2C2CC(C)(C)C(C(=O)N[C@@H]3CCCc4ccccc43)N2C1=O. The molecule has 39 heavy (non-hydrogen) atoms. The molecule has 5 atom stereocenters. The van der Waals surface area contributed by atoms with Crippen LogP contribution in [0.5, 0.6) is 5.75 Å². The van der Waals surface area contributed by atoms with Crippen LogP contribution in [0.25, 0.3) is 0 Å². The number of benzene rings is 2. The number of aryl methyl sites for hydroxylation is 1. The van der Waals surface area contributed by atoms with Gasteiger partial charge in [-0.05, 0) is 79.5 Å². The smallest absolute Gasteiger partial charge is 0.246 e. The van der Waals surface area contributed by atoms with Crippen molar-refractivity contribution in [1.82, 2.24) is 20.9 Å². The number of fused-ring (bicyclic) bond motifs is 4. The minimum absolute atomic E-state index is 0.0845. The normalized spacial score (nSPS) is 26.0. The Kier molecular flexibility index (Phi) is 7.42. The Morgan fingerprint density at radius 2 is 1.82 bits per heavy atom. The predicted molar refractivity (Wildman–Crippen MR) is 149 cm³/mol. The highest BCUT2D eigenvalue weighted by Crippen LogP contribution is 2.50. The molecule has 2 heterocycles. The van der Waals surface area contributed by atoms with Crippen molar-refractivity contribution in [3.63, 3.8) is 0 Å². The van der Waals surface area contributed by atoms with Gasteiger partial charge in [-0.2, -0.15) is 0 Å². The van der Waals surface area contributed by atoms with E-state index >= 15 is 0 Å². The van der Waals surface area contributed by atoms with Crippen LogP contribution in [0.4, 0.5) is 0 Å². The molecular weight excluding hydrogens is 492 g/mol. The first-order valence-corrected chi connectivity index (χ1v) is 14.0. The van der Waals surface area contributed by atoms with Crippen LogP contribution in [0.15, 0.2) is 42.5 Å². The van der Waals surface area contributed by atoms with Crippen molar-refractivity contribution in [2.45, 2.75) is 83.1 Å². The molecule has 0 spiro atoms. The van der Waals surface area contributed by atoms with E-state index in [1.54, 1.807) is 26.0 Å². The second-order valence-corrected chi connectivity index (χ2v) is 11.8. The van der Waals surface area contributed by atoms with Gasteiger partial charge in [0.2, 0.25) is 17.7 Å². The fourth-order valence-electron chi connectivity index (χ4n) is 6.66.